The largest absolute Gasteiger partial charge is 0.481 e. The zero-order chi connectivity index (χ0) is 12.1. The molecule has 0 aromatic rings. The van der Waals surface area contributed by atoms with E-state index in [0.29, 0.717) is 6.42 Å². The van der Waals surface area contributed by atoms with Crippen molar-refractivity contribution in [3.8, 4) is 0 Å². The van der Waals surface area contributed by atoms with Gasteiger partial charge < -0.3 is 10.0 Å². The zero-order valence-corrected chi connectivity index (χ0v) is 10.1. The Kier molecular flexibility index (Phi) is 4.77. The van der Waals surface area contributed by atoms with Crippen molar-refractivity contribution in [3.05, 3.63) is 0 Å². The van der Waals surface area contributed by atoms with E-state index in [9.17, 15) is 9.59 Å². The second-order valence-corrected chi connectivity index (χ2v) is 4.66. The monoisotopic (exact) mass is 227 g/mol. The molecule has 1 aliphatic rings. The summed E-state index contributed by atoms with van der Waals surface area (Å²) in [4.78, 5) is 24.6. The van der Waals surface area contributed by atoms with E-state index in [0.717, 1.165) is 32.2 Å². The predicted molar refractivity (Wildman–Crippen MR) is 61.0 cm³/mol. The number of hydrogen-bond acceptors (Lipinski definition) is 2. The molecule has 0 spiro atoms. The van der Waals surface area contributed by atoms with Gasteiger partial charge in [0.05, 0.1) is 5.92 Å². The number of hydrogen-bond donors (Lipinski definition) is 1. The molecule has 92 valence electrons. The maximum absolute atomic E-state index is 12.0. The lowest BCUT2D eigenvalue weighted by Gasteiger charge is -2.29. The molecule has 0 aromatic heterocycles. The Morgan fingerprint density at radius 1 is 1.31 bits per heavy atom. The minimum absolute atomic E-state index is 0.0774. The summed E-state index contributed by atoms with van der Waals surface area (Å²) in [5.41, 5.74) is 0. The van der Waals surface area contributed by atoms with E-state index in [-0.39, 0.29) is 17.7 Å². The summed E-state index contributed by atoms with van der Waals surface area (Å²) < 4.78 is 0. The van der Waals surface area contributed by atoms with Gasteiger partial charge in [0.1, 0.15) is 0 Å². The van der Waals surface area contributed by atoms with Crippen molar-refractivity contribution >= 4 is 11.9 Å². The Hall–Kier alpha value is -1.06. The lowest BCUT2D eigenvalue weighted by atomic mass is 9.81. The van der Waals surface area contributed by atoms with Crippen molar-refractivity contribution in [2.24, 2.45) is 11.8 Å². The van der Waals surface area contributed by atoms with Gasteiger partial charge in [0.15, 0.2) is 0 Å². The van der Waals surface area contributed by atoms with E-state index in [1.54, 1.807) is 11.9 Å². The SMILES string of the molecule is CCCN(C)C(=O)C1CCCC(C(=O)O)C1. The van der Waals surface area contributed by atoms with Crippen molar-refractivity contribution in [1.29, 1.82) is 0 Å². The summed E-state index contributed by atoms with van der Waals surface area (Å²) in [5, 5.41) is 8.95. The highest BCUT2D eigenvalue weighted by Crippen LogP contribution is 2.30. The molecule has 0 bridgehead atoms. The standard InChI is InChI=1S/C12H21NO3/c1-3-7-13(2)11(14)9-5-4-6-10(8-9)12(15)16/h9-10H,3-8H2,1-2H3,(H,15,16). The van der Waals surface area contributed by atoms with Crippen LogP contribution in [0.1, 0.15) is 39.0 Å². The van der Waals surface area contributed by atoms with E-state index in [2.05, 4.69) is 0 Å². The molecule has 1 fully saturated rings. The maximum atomic E-state index is 12.0. The predicted octanol–water partition coefficient (Wildman–Crippen LogP) is 1.75. The summed E-state index contributed by atoms with van der Waals surface area (Å²) in [7, 11) is 1.80. The number of rotatable bonds is 4. The molecular weight excluding hydrogens is 206 g/mol. The van der Waals surface area contributed by atoms with Crippen molar-refractivity contribution < 1.29 is 14.7 Å². The third-order valence-corrected chi connectivity index (χ3v) is 3.31. The number of carboxylic acid groups (broad SMARTS) is 1. The minimum Gasteiger partial charge on any atom is -0.481 e. The van der Waals surface area contributed by atoms with E-state index < -0.39 is 5.97 Å². The molecule has 0 aromatic carbocycles. The smallest absolute Gasteiger partial charge is 0.306 e. The summed E-state index contributed by atoms with van der Waals surface area (Å²) in [5.74, 6) is -1.03. The summed E-state index contributed by atoms with van der Waals surface area (Å²) in [6.45, 7) is 2.79. The minimum atomic E-state index is -0.754. The maximum Gasteiger partial charge on any atom is 0.306 e. The van der Waals surface area contributed by atoms with Crippen LogP contribution in [-0.4, -0.2) is 35.5 Å². The van der Waals surface area contributed by atoms with Gasteiger partial charge in [-0.2, -0.15) is 0 Å². The number of aliphatic carboxylic acids is 1. The van der Waals surface area contributed by atoms with E-state index in [4.69, 9.17) is 5.11 Å². The molecule has 16 heavy (non-hydrogen) atoms. The number of carbonyl (C=O) groups is 2. The van der Waals surface area contributed by atoms with Gasteiger partial charge in [-0.3, -0.25) is 9.59 Å². The summed E-state index contributed by atoms with van der Waals surface area (Å²) in [6, 6.07) is 0. The van der Waals surface area contributed by atoms with Gasteiger partial charge in [-0.15, -0.1) is 0 Å². The fourth-order valence-electron chi connectivity index (χ4n) is 2.40. The third kappa shape index (κ3) is 3.22. The molecule has 1 N–H and O–H groups in total. The molecule has 0 saturated heterocycles. The number of carbonyl (C=O) groups excluding carboxylic acids is 1. The van der Waals surface area contributed by atoms with Crippen molar-refractivity contribution in [3.63, 3.8) is 0 Å². The number of amides is 1. The van der Waals surface area contributed by atoms with Crippen LogP contribution in [0, 0.1) is 11.8 Å². The molecule has 2 unspecified atom stereocenters. The first-order valence-electron chi connectivity index (χ1n) is 6.04. The highest BCUT2D eigenvalue weighted by molar-refractivity contribution is 5.80. The molecule has 0 aliphatic heterocycles. The Bertz CT molecular complexity index is 265. The van der Waals surface area contributed by atoms with Crippen LogP contribution in [0.2, 0.25) is 0 Å². The van der Waals surface area contributed by atoms with E-state index >= 15 is 0 Å². The Morgan fingerprint density at radius 2 is 1.94 bits per heavy atom. The van der Waals surface area contributed by atoms with Gasteiger partial charge in [-0.05, 0) is 25.7 Å². The van der Waals surface area contributed by atoms with Gasteiger partial charge in [0.25, 0.3) is 0 Å². The van der Waals surface area contributed by atoms with Crippen LogP contribution in [0.15, 0.2) is 0 Å². The van der Waals surface area contributed by atoms with Crippen LogP contribution in [0.5, 0.6) is 0 Å². The number of carboxylic acids is 1. The van der Waals surface area contributed by atoms with Gasteiger partial charge >= 0.3 is 5.97 Å². The van der Waals surface area contributed by atoms with Crippen LogP contribution < -0.4 is 0 Å². The molecule has 1 aliphatic carbocycles. The fraction of sp³-hybridized carbons (Fsp3) is 0.833. The molecular formula is C12H21NO3. The molecule has 1 rings (SSSR count). The Labute approximate surface area is 96.6 Å². The first-order valence-corrected chi connectivity index (χ1v) is 6.04. The second-order valence-electron chi connectivity index (χ2n) is 4.66. The third-order valence-electron chi connectivity index (χ3n) is 3.31. The average Bonchev–Trinajstić information content (AvgIpc) is 2.28. The van der Waals surface area contributed by atoms with Crippen LogP contribution in [-0.2, 0) is 9.59 Å². The average molecular weight is 227 g/mol. The van der Waals surface area contributed by atoms with Crippen LogP contribution in [0.25, 0.3) is 0 Å². The van der Waals surface area contributed by atoms with Crippen LogP contribution in [0.3, 0.4) is 0 Å². The fourth-order valence-corrected chi connectivity index (χ4v) is 2.40. The number of nitrogens with zero attached hydrogens (tertiary/aromatic N) is 1. The molecule has 2 atom stereocenters. The molecule has 4 nitrogen and oxygen atoms in total. The van der Waals surface area contributed by atoms with Crippen molar-refractivity contribution in [2.45, 2.75) is 39.0 Å². The first kappa shape index (κ1) is 13.0. The molecule has 0 heterocycles. The van der Waals surface area contributed by atoms with Crippen LogP contribution in [0.4, 0.5) is 0 Å². The second kappa shape index (κ2) is 5.87. The van der Waals surface area contributed by atoms with Gasteiger partial charge in [0.2, 0.25) is 5.91 Å². The lowest BCUT2D eigenvalue weighted by Crippen LogP contribution is -2.37. The quantitative estimate of drug-likeness (QED) is 0.796. The molecule has 0 radical (unpaired) electrons. The molecule has 1 saturated carbocycles. The molecule has 1 amide bonds. The molecule has 4 heteroatoms. The Balaban J connectivity index is 2.53. The van der Waals surface area contributed by atoms with E-state index in [1.807, 2.05) is 6.92 Å². The normalized spacial score (nSPS) is 25.1. The van der Waals surface area contributed by atoms with E-state index in [1.165, 1.54) is 0 Å². The van der Waals surface area contributed by atoms with Gasteiger partial charge in [0, 0.05) is 19.5 Å². The van der Waals surface area contributed by atoms with Crippen molar-refractivity contribution in [1.82, 2.24) is 4.90 Å². The van der Waals surface area contributed by atoms with Gasteiger partial charge in [-0.25, -0.2) is 0 Å². The van der Waals surface area contributed by atoms with Crippen molar-refractivity contribution in [2.75, 3.05) is 13.6 Å². The highest BCUT2D eigenvalue weighted by atomic mass is 16.4. The highest BCUT2D eigenvalue weighted by Gasteiger charge is 2.32. The zero-order valence-electron chi connectivity index (χ0n) is 10.1. The van der Waals surface area contributed by atoms with Crippen LogP contribution >= 0.6 is 0 Å². The first-order chi connectivity index (χ1) is 7.56. The lowest BCUT2D eigenvalue weighted by molar-refractivity contribution is -0.145. The Morgan fingerprint density at radius 3 is 2.50 bits per heavy atom. The summed E-state index contributed by atoms with van der Waals surface area (Å²) in [6.07, 6.45) is 3.88. The topological polar surface area (TPSA) is 57.6 Å². The summed E-state index contributed by atoms with van der Waals surface area (Å²) >= 11 is 0. The van der Waals surface area contributed by atoms with Gasteiger partial charge in [-0.1, -0.05) is 13.3 Å².